The van der Waals surface area contributed by atoms with Gasteiger partial charge in [0, 0.05) is 24.2 Å². The van der Waals surface area contributed by atoms with Crippen LogP contribution in [-0.2, 0) is 11.2 Å². The Morgan fingerprint density at radius 1 is 1.11 bits per heavy atom. The Labute approximate surface area is 165 Å². The van der Waals surface area contributed by atoms with Crippen LogP contribution >= 0.6 is 0 Å². The lowest BCUT2D eigenvalue weighted by Gasteiger charge is -2.18. The lowest BCUT2D eigenvalue weighted by molar-refractivity contribution is -0.118. The van der Waals surface area contributed by atoms with Gasteiger partial charge in [-0.1, -0.05) is 13.0 Å². The van der Waals surface area contributed by atoms with Crippen molar-refractivity contribution in [1.29, 1.82) is 0 Å². The molecule has 1 heterocycles. The summed E-state index contributed by atoms with van der Waals surface area (Å²) in [5.74, 6) is 1.23. The molecule has 1 aliphatic heterocycles. The first-order valence-corrected chi connectivity index (χ1v) is 9.44. The van der Waals surface area contributed by atoms with Crippen LogP contribution in [0.25, 0.3) is 0 Å². The average Bonchev–Trinajstić information content (AvgIpc) is 3.15. The number of carbonyl (C=O) groups is 2. The van der Waals surface area contributed by atoms with Crippen LogP contribution in [0.1, 0.15) is 47.8 Å². The van der Waals surface area contributed by atoms with Crippen LogP contribution in [0.15, 0.2) is 36.4 Å². The van der Waals surface area contributed by atoms with Gasteiger partial charge in [0.05, 0.1) is 20.3 Å². The lowest BCUT2D eigenvalue weighted by Crippen LogP contribution is -2.28. The van der Waals surface area contributed by atoms with Crippen molar-refractivity contribution in [3.05, 3.63) is 53.1 Å². The molecule has 28 heavy (non-hydrogen) atoms. The molecule has 1 N–H and O–H groups in total. The third-order valence-corrected chi connectivity index (χ3v) is 5.10. The fraction of sp³-hybridized carbons (Fsp3) is 0.364. The van der Waals surface area contributed by atoms with Crippen LogP contribution in [0.4, 0.5) is 5.69 Å². The summed E-state index contributed by atoms with van der Waals surface area (Å²) in [5.41, 5.74) is 3.47. The van der Waals surface area contributed by atoms with Crippen molar-refractivity contribution in [3.63, 3.8) is 0 Å². The molecular weight excluding hydrogens is 356 g/mol. The first-order chi connectivity index (χ1) is 13.5. The topological polar surface area (TPSA) is 67.9 Å². The second-order valence-electron chi connectivity index (χ2n) is 6.80. The Morgan fingerprint density at radius 3 is 2.54 bits per heavy atom. The van der Waals surface area contributed by atoms with Gasteiger partial charge in [-0.2, -0.15) is 0 Å². The van der Waals surface area contributed by atoms with Crippen molar-refractivity contribution in [2.45, 2.75) is 32.7 Å². The van der Waals surface area contributed by atoms with Crippen molar-refractivity contribution in [1.82, 2.24) is 5.32 Å². The zero-order chi connectivity index (χ0) is 20.3. The Hall–Kier alpha value is -3.02. The van der Waals surface area contributed by atoms with E-state index >= 15 is 0 Å². The molecule has 0 bridgehead atoms. The summed E-state index contributed by atoms with van der Waals surface area (Å²) < 4.78 is 10.6. The van der Waals surface area contributed by atoms with E-state index in [-0.39, 0.29) is 17.9 Å². The number of hydrogen-bond acceptors (Lipinski definition) is 4. The van der Waals surface area contributed by atoms with E-state index in [9.17, 15) is 9.59 Å². The zero-order valence-corrected chi connectivity index (χ0v) is 16.7. The predicted octanol–water partition coefficient (Wildman–Crippen LogP) is 3.49. The summed E-state index contributed by atoms with van der Waals surface area (Å²) in [6.07, 6.45) is 1.25. The van der Waals surface area contributed by atoms with Gasteiger partial charge in [-0.3, -0.25) is 9.59 Å². The monoisotopic (exact) mass is 382 g/mol. The maximum atomic E-state index is 12.7. The fourth-order valence-electron chi connectivity index (χ4n) is 3.48. The van der Waals surface area contributed by atoms with Gasteiger partial charge in [0.2, 0.25) is 5.91 Å². The molecule has 6 nitrogen and oxygen atoms in total. The van der Waals surface area contributed by atoms with Crippen LogP contribution in [-0.4, -0.2) is 32.6 Å². The summed E-state index contributed by atoms with van der Waals surface area (Å²) in [6.45, 7) is 4.46. The number of methoxy groups -OCH3 is 2. The van der Waals surface area contributed by atoms with E-state index in [1.165, 1.54) is 0 Å². The van der Waals surface area contributed by atoms with Crippen LogP contribution in [0.5, 0.6) is 11.5 Å². The summed E-state index contributed by atoms with van der Waals surface area (Å²) in [7, 11) is 3.17. The average molecular weight is 382 g/mol. The number of amides is 2. The number of nitrogens with zero attached hydrogens (tertiary/aromatic N) is 1. The third-order valence-electron chi connectivity index (χ3n) is 5.10. The first kappa shape index (κ1) is 19.7. The molecule has 0 aliphatic carbocycles. The highest BCUT2D eigenvalue weighted by atomic mass is 16.5. The lowest BCUT2D eigenvalue weighted by atomic mass is 10.1. The highest BCUT2D eigenvalue weighted by Crippen LogP contribution is 2.31. The summed E-state index contributed by atoms with van der Waals surface area (Å²) >= 11 is 0. The minimum atomic E-state index is -0.196. The maximum Gasteiger partial charge on any atom is 0.251 e. The molecule has 2 aromatic rings. The zero-order valence-electron chi connectivity index (χ0n) is 16.7. The molecule has 1 atom stereocenters. The Kier molecular flexibility index (Phi) is 5.87. The number of nitrogens with one attached hydrogen (secondary N) is 1. The molecule has 0 radical (unpaired) electrons. The second kappa shape index (κ2) is 8.33. The van der Waals surface area contributed by atoms with Gasteiger partial charge in [-0.15, -0.1) is 0 Å². The number of ether oxygens (including phenoxy) is 2. The second-order valence-corrected chi connectivity index (χ2v) is 6.80. The van der Waals surface area contributed by atoms with Crippen LogP contribution in [0.2, 0.25) is 0 Å². The van der Waals surface area contributed by atoms with Crippen molar-refractivity contribution >= 4 is 17.5 Å². The van der Waals surface area contributed by atoms with Crippen LogP contribution < -0.4 is 19.7 Å². The minimum Gasteiger partial charge on any atom is -0.493 e. The molecule has 3 rings (SSSR count). The first-order valence-electron chi connectivity index (χ1n) is 9.44. The maximum absolute atomic E-state index is 12.7. The quantitative estimate of drug-likeness (QED) is 0.830. The number of rotatable bonds is 6. The number of benzene rings is 2. The summed E-state index contributed by atoms with van der Waals surface area (Å²) in [5, 5.41) is 3.02. The largest absolute Gasteiger partial charge is 0.493 e. The normalized spacial score (nSPS) is 13.6. The fourth-order valence-corrected chi connectivity index (χ4v) is 3.48. The van der Waals surface area contributed by atoms with Crippen molar-refractivity contribution in [2.24, 2.45) is 0 Å². The standard InChI is InChI=1S/C22H26N2O4/c1-5-21(25)24-11-10-16-12-17(6-8-18(16)24)22(26)23-14(2)15-7-9-19(27-3)20(13-15)28-4/h6-9,12-14H,5,10-11H2,1-4H3,(H,23,26). The van der Waals surface area contributed by atoms with E-state index in [0.29, 0.717) is 30.0 Å². The summed E-state index contributed by atoms with van der Waals surface area (Å²) in [4.78, 5) is 26.5. The molecule has 0 aromatic heterocycles. The SMILES string of the molecule is CCC(=O)N1CCc2cc(C(=O)NC(C)c3ccc(OC)c(OC)c3)ccc21. The highest BCUT2D eigenvalue weighted by molar-refractivity contribution is 5.98. The molecule has 0 fully saturated rings. The predicted molar refractivity (Wildman–Crippen MR) is 108 cm³/mol. The van der Waals surface area contributed by atoms with Crippen molar-refractivity contribution < 1.29 is 19.1 Å². The van der Waals surface area contributed by atoms with Crippen LogP contribution in [0.3, 0.4) is 0 Å². The molecule has 148 valence electrons. The third kappa shape index (κ3) is 3.81. The van der Waals surface area contributed by atoms with Gasteiger partial charge in [0.1, 0.15) is 0 Å². The molecule has 0 saturated heterocycles. The number of hydrogen-bond donors (Lipinski definition) is 1. The van der Waals surface area contributed by atoms with E-state index in [1.54, 1.807) is 25.2 Å². The van der Waals surface area contributed by atoms with Crippen molar-refractivity contribution in [2.75, 3.05) is 25.7 Å². The Morgan fingerprint density at radius 2 is 1.86 bits per heavy atom. The number of fused-ring (bicyclic) bond motifs is 1. The van der Waals surface area contributed by atoms with Gasteiger partial charge < -0.3 is 19.7 Å². The Bertz CT molecular complexity index is 894. The van der Waals surface area contributed by atoms with Gasteiger partial charge in [-0.25, -0.2) is 0 Å². The molecule has 1 unspecified atom stereocenters. The van der Waals surface area contributed by atoms with Crippen molar-refractivity contribution in [3.8, 4) is 11.5 Å². The van der Waals surface area contributed by atoms with E-state index in [0.717, 1.165) is 23.2 Å². The molecule has 0 spiro atoms. The van der Waals surface area contributed by atoms with E-state index in [4.69, 9.17) is 9.47 Å². The van der Waals surface area contributed by atoms with E-state index in [2.05, 4.69) is 5.32 Å². The van der Waals surface area contributed by atoms with Gasteiger partial charge in [-0.05, 0) is 54.8 Å². The van der Waals surface area contributed by atoms with E-state index in [1.807, 2.05) is 44.2 Å². The number of anilines is 1. The smallest absolute Gasteiger partial charge is 0.251 e. The molecule has 0 saturated carbocycles. The molecule has 2 aromatic carbocycles. The number of carbonyl (C=O) groups excluding carboxylic acids is 2. The van der Waals surface area contributed by atoms with Gasteiger partial charge in [0.25, 0.3) is 5.91 Å². The molecule has 2 amide bonds. The van der Waals surface area contributed by atoms with Gasteiger partial charge in [0.15, 0.2) is 11.5 Å². The molecular formula is C22H26N2O4. The van der Waals surface area contributed by atoms with Gasteiger partial charge >= 0.3 is 0 Å². The minimum absolute atomic E-state index is 0.109. The Balaban J connectivity index is 1.74. The van der Waals surface area contributed by atoms with Crippen LogP contribution in [0, 0.1) is 0 Å². The summed E-state index contributed by atoms with van der Waals surface area (Å²) in [6, 6.07) is 10.9. The van der Waals surface area contributed by atoms with E-state index < -0.39 is 0 Å². The molecule has 6 heteroatoms. The molecule has 1 aliphatic rings. The highest BCUT2D eigenvalue weighted by Gasteiger charge is 2.24.